The summed E-state index contributed by atoms with van der Waals surface area (Å²) in [5.41, 5.74) is -0.817. The molecule has 0 aliphatic carbocycles. The van der Waals surface area contributed by atoms with Crippen molar-refractivity contribution in [3.05, 3.63) is 35.4 Å². The Morgan fingerprint density at radius 2 is 1.86 bits per heavy atom. The van der Waals surface area contributed by atoms with Crippen molar-refractivity contribution < 1.29 is 18.0 Å². The molecule has 5 heteroatoms. The first kappa shape index (κ1) is 11.1. The standard InChI is InChI=1S/C9H7F3OS/c10-9(11,12)7-4-2-1-3-6(7)5-8(13)14/h1-4H,5H2,(H,13,14). The molecule has 1 aromatic rings. The molecule has 0 saturated carbocycles. The van der Waals surface area contributed by atoms with Gasteiger partial charge in [-0.15, -0.1) is 12.6 Å². The van der Waals surface area contributed by atoms with Gasteiger partial charge in [0.15, 0.2) is 5.12 Å². The van der Waals surface area contributed by atoms with Gasteiger partial charge in [0.2, 0.25) is 0 Å². The lowest BCUT2D eigenvalue weighted by Gasteiger charge is -2.10. The number of carbonyl (C=O) groups is 1. The monoisotopic (exact) mass is 220 g/mol. The fraction of sp³-hybridized carbons (Fsp3) is 0.222. The lowest BCUT2D eigenvalue weighted by Crippen LogP contribution is -2.10. The lowest BCUT2D eigenvalue weighted by atomic mass is 10.1. The molecule has 0 bridgehead atoms. The van der Waals surface area contributed by atoms with Gasteiger partial charge in [0, 0.05) is 6.42 Å². The molecular weight excluding hydrogens is 213 g/mol. The topological polar surface area (TPSA) is 17.1 Å². The summed E-state index contributed by atoms with van der Waals surface area (Å²) >= 11 is 3.45. The van der Waals surface area contributed by atoms with E-state index < -0.39 is 16.9 Å². The van der Waals surface area contributed by atoms with Gasteiger partial charge >= 0.3 is 6.18 Å². The molecule has 0 aliphatic heterocycles. The van der Waals surface area contributed by atoms with E-state index in [2.05, 4.69) is 12.6 Å². The zero-order chi connectivity index (χ0) is 10.8. The SMILES string of the molecule is O=C(S)Cc1ccccc1C(F)(F)F. The van der Waals surface area contributed by atoms with E-state index in [0.29, 0.717) is 0 Å². The highest BCUT2D eigenvalue weighted by atomic mass is 32.1. The largest absolute Gasteiger partial charge is 0.416 e. The maximum Gasteiger partial charge on any atom is 0.416 e. The van der Waals surface area contributed by atoms with E-state index in [1.165, 1.54) is 18.2 Å². The molecule has 0 radical (unpaired) electrons. The third kappa shape index (κ3) is 2.77. The van der Waals surface area contributed by atoms with Crippen LogP contribution in [0.15, 0.2) is 24.3 Å². The molecule has 0 atom stereocenters. The second-order valence-corrected chi connectivity index (χ2v) is 3.22. The van der Waals surface area contributed by atoms with Crippen molar-refractivity contribution in [2.24, 2.45) is 0 Å². The Kier molecular flexibility index (Phi) is 3.21. The molecule has 0 spiro atoms. The second-order valence-electron chi connectivity index (χ2n) is 2.73. The van der Waals surface area contributed by atoms with Crippen LogP contribution in [0, 0.1) is 0 Å². The fourth-order valence-electron chi connectivity index (χ4n) is 1.11. The summed E-state index contributed by atoms with van der Waals surface area (Å²) in [6, 6.07) is 4.97. The highest BCUT2D eigenvalue weighted by Crippen LogP contribution is 2.32. The lowest BCUT2D eigenvalue weighted by molar-refractivity contribution is -0.138. The van der Waals surface area contributed by atoms with Crippen molar-refractivity contribution in [3.63, 3.8) is 0 Å². The van der Waals surface area contributed by atoms with Gasteiger partial charge in [-0.1, -0.05) is 18.2 Å². The molecule has 0 aromatic heterocycles. The van der Waals surface area contributed by atoms with E-state index in [-0.39, 0.29) is 12.0 Å². The summed E-state index contributed by atoms with van der Waals surface area (Å²) in [6.07, 6.45) is -4.72. The Labute approximate surface area is 84.3 Å². The molecule has 1 rings (SSSR count). The zero-order valence-corrected chi connectivity index (χ0v) is 7.90. The third-order valence-electron chi connectivity index (χ3n) is 1.66. The number of hydrogen-bond donors (Lipinski definition) is 1. The average molecular weight is 220 g/mol. The molecule has 0 N–H and O–H groups in total. The Morgan fingerprint density at radius 3 is 2.36 bits per heavy atom. The molecule has 1 nitrogen and oxygen atoms in total. The molecule has 76 valence electrons. The van der Waals surface area contributed by atoms with Gasteiger partial charge in [-0.3, -0.25) is 4.79 Å². The second kappa shape index (κ2) is 4.04. The molecule has 0 aliphatic rings. The smallest absolute Gasteiger partial charge is 0.287 e. The van der Waals surface area contributed by atoms with E-state index in [4.69, 9.17) is 0 Å². The van der Waals surface area contributed by atoms with Gasteiger partial charge in [0.25, 0.3) is 0 Å². The van der Waals surface area contributed by atoms with Crippen LogP contribution in [0.4, 0.5) is 13.2 Å². The van der Waals surface area contributed by atoms with Crippen LogP contribution in [0.1, 0.15) is 11.1 Å². The normalized spacial score (nSPS) is 11.4. The van der Waals surface area contributed by atoms with E-state index in [9.17, 15) is 18.0 Å². The van der Waals surface area contributed by atoms with Gasteiger partial charge in [-0.25, -0.2) is 0 Å². The van der Waals surface area contributed by atoms with Crippen molar-refractivity contribution in [1.82, 2.24) is 0 Å². The predicted octanol–water partition coefficient (Wildman–Crippen LogP) is 2.70. The van der Waals surface area contributed by atoms with Crippen LogP contribution in [0.3, 0.4) is 0 Å². The van der Waals surface area contributed by atoms with E-state index in [1.54, 1.807) is 0 Å². The molecule has 0 saturated heterocycles. The maximum absolute atomic E-state index is 12.4. The van der Waals surface area contributed by atoms with Crippen LogP contribution in [-0.2, 0) is 17.4 Å². The predicted molar refractivity (Wildman–Crippen MR) is 49.1 cm³/mol. The molecule has 0 heterocycles. The first-order chi connectivity index (χ1) is 6.41. The van der Waals surface area contributed by atoms with E-state index >= 15 is 0 Å². The highest BCUT2D eigenvalue weighted by Gasteiger charge is 2.32. The maximum atomic E-state index is 12.4. The van der Waals surface area contributed by atoms with Gasteiger partial charge in [-0.2, -0.15) is 13.2 Å². The Hall–Kier alpha value is -0.970. The minimum Gasteiger partial charge on any atom is -0.287 e. The molecule has 0 amide bonds. The summed E-state index contributed by atoms with van der Waals surface area (Å²) in [7, 11) is 0. The summed E-state index contributed by atoms with van der Waals surface area (Å²) in [6.45, 7) is 0. The molecule has 0 unspecified atom stereocenters. The average Bonchev–Trinajstić information content (AvgIpc) is 2.01. The van der Waals surface area contributed by atoms with Crippen LogP contribution >= 0.6 is 12.6 Å². The van der Waals surface area contributed by atoms with Crippen molar-refractivity contribution in [2.45, 2.75) is 12.6 Å². The van der Waals surface area contributed by atoms with Crippen molar-refractivity contribution in [3.8, 4) is 0 Å². The number of rotatable bonds is 2. The minimum atomic E-state index is -4.42. The van der Waals surface area contributed by atoms with Crippen LogP contribution in [0.5, 0.6) is 0 Å². The van der Waals surface area contributed by atoms with Gasteiger partial charge in [0.1, 0.15) is 0 Å². The van der Waals surface area contributed by atoms with E-state index in [1.807, 2.05) is 0 Å². The Bertz CT molecular complexity index is 346. The number of alkyl halides is 3. The third-order valence-corrected chi connectivity index (χ3v) is 1.82. The summed E-state index contributed by atoms with van der Waals surface area (Å²) < 4.78 is 37.1. The van der Waals surface area contributed by atoms with Crippen LogP contribution < -0.4 is 0 Å². The zero-order valence-electron chi connectivity index (χ0n) is 7.01. The number of benzene rings is 1. The molecular formula is C9H7F3OS. The number of hydrogen-bond acceptors (Lipinski definition) is 1. The van der Waals surface area contributed by atoms with Crippen molar-refractivity contribution in [2.75, 3.05) is 0 Å². The fourth-order valence-corrected chi connectivity index (χ4v) is 1.28. The first-order valence-corrected chi connectivity index (χ1v) is 4.23. The molecule has 0 fully saturated rings. The molecule has 1 aromatic carbocycles. The van der Waals surface area contributed by atoms with Crippen LogP contribution in [0.2, 0.25) is 0 Å². The quantitative estimate of drug-likeness (QED) is 0.758. The van der Waals surface area contributed by atoms with Crippen molar-refractivity contribution in [1.29, 1.82) is 0 Å². The summed E-state index contributed by atoms with van der Waals surface area (Å²) in [4.78, 5) is 10.6. The number of carbonyl (C=O) groups excluding carboxylic acids is 1. The number of thiol groups is 1. The Balaban J connectivity index is 3.10. The highest BCUT2D eigenvalue weighted by molar-refractivity contribution is 7.96. The van der Waals surface area contributed by atoms with Gasteiger partial charge in [-0.05, 0) is 11.6 Å². The van der Waals surface area contributed by atoms with E-state index in [0.717, 1.165) is 6.07 Å². The van der Waals surface area contributed by atoms with Crippen molar-refractivity contribution >= 4 is 17.7 Å². The number of halogens is 3. The summed E-state index contributed by atoms with van der Waals surface area (Å²) in [5, 5.41) is -0.582. The first-order valence-electron chi connectivity index (χ1n) is 3.78. The Morgan fingerprint density at radius 1 is 1.29 bits per heavy atom. The van der Waals surface area contributed by atoms with Crippen LogP contribution in [0.25, 0.3) is 0 Å². The van der Waals surface area contributed by atoms with Gasteiger partial charge in [0.05, 0.1) is 5.56 Å². The minimum absolute atomic E-state index is 0.0417. The summed E-state index contributed by atoms with van der Waals surface area (Å²) in [5.74, 6) is 0. The van der Waals surface area contributed by atoms with Crippen LogP contribution in [-0.4, -0.2) is 5.12 Å². The molecule has 14 heavy (non-hydrogen) atoms. The van der Waals surface area contributed by atoms with Gasteiger partial charge < -0.3 is 0 Å².